The highest BCUT2D eigenvalue weighted by atomic mass is 16.5. The van der Waals surface area contributed by atoms with Crippen molar-refractivity contribution in [2.45, 2.75) is 19.8 Å². The van der Waals surface area contributed by atoms with Crippen molar-refractivity contribution >= 4 is 27.5 Å². The number of fused-ring (bicyclic) bond motifs is 3. The van der Waals surface area contributed by atoms with Crippen LogP contribution < -0.4 is 0 Å². The van der Waals surface area contributed by atoms with Crippen molar-refractivity contribution < 1.29 is 14.6 Å². The molecule has 0 unspecified atom stereocenters. The summed E-state index contributed by atoms with van der Waals surface area (Å²) in [5.74, 6) is -0.578. The average molecular weight is 293 g/mol. The highest BCUT2D eigenvalue weighted by Gasteiger charge is 2.13. The van der Waals surface area contributed by atoms with Crippen LogP contribution in [0.4, 0.5) is 0 Å². The topological polar surface area (TPSA) is 46.2 Å². The smallest absolute Gasteiger partial charge is 0.338 e. The molecular weight excluding hydrogens is 276 g/mol. The van der Waals surface area contributed by atoms with Crippen LogP contribution in [0.25, 0.3) is 21.5 Å². The van der Waals surface area contributed by atoms with Gasteiger partial charge in [-0.3, -0.25) is 5.11 Å². The monoisotopic (exact) mass is 293 g/mol. The molecule has 0 spiro atoms. The minimum atomic E-state index is -0.430. The maximum absolute atomic E-state index is 12.3. The number of unbranched alkanes of at least 4 members (excludes halogenated alkanes) is 1. The van der Waals surface area contributed by atoms with Crippen molar-refractivity contribution in [1.29, 1.82) is 0 Å². The van der Waals surface area contributed by atoms with E-state index in [1.807, 2.05) is 43.3 Å². The Hall–Kier alpha value is -2.55. The molecule has 0 saturated carbocycles. The lowest BCUT2D eigenvalue weighted by Gasteiger charge is -2.08. The van der Waals surface area contributed by atoms with E-state index in [1.54, 1.807) is 6.07 Å². The molecule has 0 aromatic heterocycles. The lowest BCUT2D eigenvalue weighted by atomic mass is 9.99. The van der Waals surface area contributed by atoms with E-state index in [2.05, 4.69) is 0 Å². The van der Waals surface area contributed by atoms with E-state index in [4.69, 9.17) is 4.74 Å². The first kappa shape index (κ1) is 14.4. The fourth-order valence-electron chi connectivity index (χ4n) is 2.59. The Balaban J connectivity index is 2.09. The molecule has 0 N–H and O–H groups in total. The maximum atomic E-state index is 12.3. The van der Waals surface area contributed by atoms with Gasteiger partial charge in [0.25, 0.3) is 0 Å². The summed E-state index contributed by atoms with van der Waals surface area (Å²) in [5, 5.41) is 15.7. The second-order valence-electron chi connectivity index (χ2n) is 5.35. The van der Waals surface area contributed by atoms with Gasteiger partial charge < -0.3 is 4.74 Å². The van der Waals surface area contributed by atoms with Gasteiger partial charge in [-0.2, -0.15) is 0 Å². The summed E-state index contributed by atoms with van der Waals surface area (Å²) < 4.78 is 5.21. The molecule has 3 aromatic rings. The van der Waals surface area contributed by atoms with Crippen molar-refractivity contribution in [3.05, 3.63) is 54.1 Å². The van der Waals surface area contributed by atoms with Gasteiger partial charge in [-0.05, 0) is 34.7 Å². The first-order valence-electron chi connectivity index (χ1n) is 7.50. The van der Waals surface area contributed by atoms with Gasteiger partial charge in [0.2, 0.25) is 0 Å². The van der Waals surface area contributed by atoms with E-state index in [0.717, 1.165) is 29.0 Å². The molecule has 0 aliphatic heterocycles. The average Bonchev–Trinajstić information content (AvgIpc) is 2.54. The highest BCUT2D eigenvalue weighted by molar-refractivity contribution is 6.11. The standard InChI is InChI=1S/C19H17O3/c1-2-3-10-22-19(21)14-11-17-15-7-5-4-6-13(15)8-9-16(17)18(20)12-14/h4-9,11-12H,2-3,10H2,1H3. The molecule has 3 heteroatoms. The highest BCUT2D eigenvalue weighted by Crippen LogP contribution is 2.33. The van der Waals surface area contributed by atoms with Gasteiger partial charge in [-0.25, -0.2) is 4.79 Å². The molecule has 111 valence electrons. The summed E-state index contributed by atoms with van der Waals surface area (Å²) in [6.07, 6.45) is 1.79. The van der Waals surface area contributed by atoms with Crippen LogP contribution in [-0.2, 0) is 9.84 Å². The predicted octanol–water partition coefficient (Wildman–Crippen LogP) is 5.09. The summed E-state index contributed by atoms with van der Waals surface area (Å²) >= 11 is 0. The summed E-state index contributed by atoms with van der Waals surface area (Å²) in [4.78, 5) is 12.1. The second kappa shape index (κ2) is 6.06. The SMILES string of the molecule is CCCCOC(=O)c1cc([O])c2ccc3ccccc3c2c1. The predicted molar refractivity (Wildman–Crippen MR) is 86.8 cm³/mol. The fraction of sp³-hybridized carbons (Fsp3) is 0.211. The molecule has 0 fully saturated rings. The van der Waals surface area contributed by atoms with E-state index in [9.17, 15) is 9.90 Å². The number of hydrogen-bond donors (Lipinski definition) is 0. The van der Waals surface area contributed by atoms with Crippen LogP contribution in [0, 0.1) is 0 Å². The Bertz CT molecular complexity index is 837. The van der Waals surface area contributed by atoms with E-state index < -0.39 is 5.97 Å². The Morgan fingerprint density at radius 1 is 1.00 bits per heavy atom. The molecule has 1 radical (unpaired) electrons. The molecule has 0 heterocycles. The third kappa shape index (κ3) is 2.62. The molecule has 3 nitrogen and oxygen atoms in total. The normalized spacial score (nSPS) is 11.0. The van der Waals surface area contributed by atoms with Crippen LogP contribution in [0.5, 0.6) is 5.75 Å². The zero-order valence-corrected chi connectivity index (χ0v) is 12.5. The van der Waals surface area contributed by atoms with Crippen LogP contribution in [-0.4, -0.2) is 12.6 Å². The summed E-state index contributed by atoms with van der Waals surface area (Å²) in [5.41, 5.74) is 0.324. The van der Waals surface area contributed by atoms with Crippen molar-refractivity contribution in [3.8, 4) is 5.75 Å². The van der Waals surface area contributed by atoms with E-state index >= 15 is 0 Å². The van der Waals surface area contributed by atoms with Gasteiger partial charge in [0.15, 0.2) is 5.75 Å². The molecule has 0 atom stereocenters. The number of benzene rings is 3. The van der Waals surface area contributed by atoms with Crippen LogP contribution >= 0.6 is 0 Å². The lowest BCUT2D eigenvalue weighted by Crippen LogP contribution is -2.06. The zero-order chi connectivity index (χ0) is 15.5. The summed E-state index contributed by atoms with van der Waals surface area (Å²) in [6.45, 7) is 2.42. The molecule has 3 aromatic carbocycles. The molecule has 0 bridgehead atoms. The third-order valence-corrected chi connectivity index (χ3v) is 3.79. The number of hydrogen-bond acceptors (Lipinski definition) is 2. The van der Waals surface area contributed by atoms with Crippen molar-refractivity contribution in [3.63, 3.8) is 0 Å². The Kier molecular flexibility index (Phi) is 3.96. The second-order valence-corrected chi connectivity index (χ2v) is 5.35. The Morgan fingerprint density at radius 2 is 1.82 bits per heavy atom. The van der Waals surface area contributed by atoms with Crippen LogP contribution in [0.15, 0.2) is 48.5 Å². The number of carbonyl (C=O) groups is 1. The molecule has 0 amide bonds. The van der Waals surface area contributed by atoms with E-state index in [0.29, 0.717) is 17.6 Å². The molecule has 0 aliphatic rings. The zero-order valence-electron chi connectivity index (χ0n) is 12.5. The van der Waals surface area contributed by atoms with Gasteiger partial charge in [-0.1, -0.05) is 43.7 Å². The quantitative estimate of drug-likeness (QED) is 0.382. The molecule has 0 aliphatic carbocycles. The maximum Gasteiger partial charge on any atom is 0.338 e. The van der Waals surface area contributed by atoms with Gasteiger partial charge in [-0.15, -0.1) is 0 Å². The number of esters is 1. The third-order valence-electron chi connectivity index (χ3n) is 3.79. The first-order chi connectivity index (χ1) is 10.7. The number of carbonyl (C=O) groups excluding carboxylic acids is 1. The van der Waals surface area contributed by atoms with Crippen LogP contribution in [0.2, 0.25) is 0 Å². The molecular formula is C19H17O3. The summed E-state index contributed by atoms with van der Waals surface area (Å²) in [7, 11) is 0. The lowest BCUT2D eigenvalue weighted by molar-refractivity contribution is 0.0499. The number of ether oxygens (including phenoxy) is 1. The van der Waals surface area contributed by atoms with Crippen molar-refractivity contribution in [2.24, 2.45) is 0 Å². The van der Waals surface area contributed by atoms with E-state index in [-0.39, 0.29) is 5.75 Å². The minimum Gasteiger partial charge on any atom is -0.462 e. The van der Waals surface area contributed by atoms with Crippen LogP contribution in [0.3, 0.4) is 0 Å². The van der Waals surface area contributed by atoms with Crippen molar-refractivity contribution in [1.82, 2.24) is 0 Å². The number of rotatable bonds is 4. The largest absolute Gasteiger partial charge is 0.462 e. The van der Waals surface area contributed by atoms with E-state index in [1.165, 1.54) is 6.07 Å². The van der Waals surface area contributed by atoms with Gasteiger partial charge in [0.05, 0.1) is 12.2 Å². The van der Waals surface area contributed by atoms with Gasteiger partial charge in [0, 0.05) is 11.5 Å². The molecule has 22 heavy (non-hydrogen) atoms. The van der Waals surface area contributed by atoms with Gasteiger partial charge in [0.1, 0.15) is 0 Å². The molecule has 3 rings (SSSR count). The molecule has 0 saturated heterocycles. The minimum absolute atomic E-state index is 0.148. The first-order valence-corrected chi connectivity index (χ1v) is 7.50. The summed E-state index contributed by atoms with van der Waals surface area (Å²) in [6, 6.07) is 14.7. The Labute approximate surface area is 129 Å². The Morgan fingerprint density at radius 3 is 2.64 bits per heavy atom. The fourth-order valence-corrected chi connectivity index (χ4v) is 2.59. The van der Waals surface area contributed by atoms with Crippen LogP contribution in [0.1, 0.15) is 30.1 Å². The van der Waals surface area contributed by atoms with Crippen molar-refractivity contribution in [2.75, 3.05) is 6.61 Å². The van der Waals surface area contributed by atoms with Gasteiger partial charge >= 0.3 is 5.97 Å².